The van der Waals surface area contributed by atoms with Gasteiger partial charge in [-0.25, -0.2) is 9.37 Å². The molecule has 1 saturated heterocycles. The van der Waals surface area contributed by atoms with Crippen LogP contribution in [0.1, 0.15) is 28.3 Å². The summed E-state index contributed by atoms with van der Waals surface area (Å²) in [6.45, 7) is 3.71. The van der Waals surface area contributed by atoms with E-state index < -0.39 is 23.5 Å². The second kappa shape index (κ2) is 7.90. The molecule has 6 nitrogen and oxygen atoms in total. The van der Waals surface area contributed by atoms with E-state index in [9.17, 15) is 19.1 Å². The lowest BCUT2D eigenvalue weighted by molar-refractivity contribution is -0.132. The maximum Gasteiger partial charge on any atom is 0.301 e. The SMILES string of the molecule is Cc1ccc(C)c(/C(O)=C2\C(=O)C(=O)N(c3nc4ccc(F)cc4s3)C2c2ccncc2)c1. The van der Waals surface area contributed by atoms with E-state index in [1.807, 2.05) is 26.0 Å². The molecule has 164 valence electrons. The molecule has 0 radical (unpaired) electrons. The average molecular weight is 460 g/mol. The highest BCUT2D eigenvalue weighted by Crippen LogP contribution is 2.44. The number of thiazole rings is 1. The molecule has 0 spiro atoms. The highest BCUT2D eigenvalue weighted by molar-refractivity contribution is 7.22. The second-order valence-electron chi connectivity index (χ2n) is 7.88. The van der Waals surface area contributed by atoms with E-state index >= 15 is 0 Å². The summed E-state index contributed by atoms with van der Waals surface area (Å²) in [5, 5.41) is 11.5. The van der Waals surface area contributed by atoms with Gasteiger partial charge in [-0.15, -0.1) is 0 Å². The van der Waals surface area contributed by atoms with Gasteiger partial charge in [0.15, 0.2) is 5.13 Å². The van der Waals surface area contributed by atoms with E-state index in [2.05, 4.69) is 9.97 Å². The van der Waals surface area contributed by atoms with E-state index in [0.29, 0.717) is 21.3 Å². The number of aryl methyl sites for hydroxylation is 2. The van der Waals surface area contributed by atoms with Gasteiger partial charge in [0.2, 0.25) is 0 Å². The largest absolute Gasteiger partial charge is 0.507 e. The fourth-order valence-electron chi connectivity index (χ4n) is 4.02. The van der Waals surface area contributed by atoms with Crippen molar-refractivity contribution >= 4 is 44.1 Å². The summed E-state index contributed by atoms with van der Waals surface area (Å²) in [5.41, 5.74) is 3.25. The highest BCUT2D eigenvalue weighted by Gasteiger charge is 2.48. The Morgan fingerprint density at radius 1 is 1.06 bits per heavy atom. The predicted molar refractivity (Wildman–Crippen MR) is 125 cm³/mol. The number of carbonyl (C=O) groups excluding carboxylic acids is 2. The molecule has 1 atom stereocenters. The number of Topliss-reactive ketones (excluding diaryl/α,β-unsaturated/α-hetero) is 1. The number of anilines is 1. The van der Waals surface area contributed by atoms with Crippen LogP contribution in [-0.2, 0) is 9.59 Å². The second-order valence-corrected chi connectivity index (χ2v) is 8.89. The first kappa shape index (κ1) is 21.0. The maximum atomic E-state index is 13.7. The van der Waals surface area contributed by atoms with E-state index in [1.165, 1.54) is 23.1 Å². The number of ketones is 1. The lowest BCUT2D eigenvalue weighted by Crippen LogP contribution is -2.29. The van der Waals surface area contributed by atoms with Crippen molar-refractivity contribution < 1.29 is 19.1 Å². The van der Waals surface area contributed by atoms with Gasteiger partial charge in [0.1, 0.15) is 11.6 Å². The number of carbonyl (C=O) groups is 2. The molecule has 8 heteroatoms. The smallest absolute Gasteiger partial charge is 0.301 e. The Hall–Kier alpha value is -3.91. The lowest BCUT2D eigenvalue weighted by Gasteiger charge is -2.23. The number of rotatable bonds is 3. The molecule has 1 unspecified atom stereocenters. The number of aromatic nitrogens is 2. The number of aliphatic hydroxyl groups excluding tert-OH is 1. The standard InChI is InChI=1S/C25H18FN3O3S/c1-13-3-4-14(2)17(11-13)22(30)20-21(15-7-9-27-10-8-15)29(24(32)23(20)31)25-28-18-6-5-16(26)12-19(18)33-25/h3-12,21,30H,1-2H3/b22-20+. The fraction of sp³-hybridized carbons (Fsp3) is 0.120. The summed E-state index contributed by atoms with van der Waals surface area (Å²) in [6, 6.07) is 12.2. The molecule has 33 heavy (non-hydrogen) atoms. The number of fused-ring (bicyclic) bond motifs is 1. The third-order valence-corrected chi connectivity index (χ3v) is 6.68. The Morgan fingerprint density at radius 3 is 2.58 bits per heavy atom. The van der Waals surface area contributed by atoms with Crippen molar-refractivity contribution in [2.24, 2.45) is 0 Å². The van der Waals surface area contributed by atoms with Crippen LogP contribution in [0.3, 0.4) is 0 Å². The van der Waals surface area contributed by atoms with Crippen molar-refractivity contribution in [3.05, 3.63) is 94.6 Å². The molecule has 2 aromatic carbocycles. The van der Waals surface area contributed by atoms with Gasteiger partial charge in [-0.05, 0) is 61.4 Å². The van der Waals surface area contributed by atoms with Crippen LogP contribution in [0.2, 0.25) is 0 Å². The molecule has 0 saturated carbocycles. The Morgan fingerprint density at radius 2 is 1.82 bits per heavy atom. The van der Waals surface area contributed by atoms with Crippen molar-refractivity contribution in [3.8, 4) is 0 Å². The number of benzene rings is 2. The first-order valence-electron chi connectivity index (χ1n) is 10.2. The molecule has 0 aliphatic carbocycles. The normalized spacial score (nSPS) is 17.8. The monoisotopic (exact) mass is 459 g/mol. The van der Waals surface area contributed by atoms with Crippen LogP contribution in [0.25, 0.3) is 16.0 Å². The number of nitrogens with zero attached hydrogens (tertiary/aromatic N) is 3. The van der Waals surface area contributed by atoms with Gasteiger partial charge in [-0.1, -0.05) is 29.0 Å². The van der Waals surface area contributed by atoms with Gasteiger partial charge in [0, 0.05) is 18.0 Å². The topological polar surface area (TPSA) is 83.4 Å². The molecule has 1 fully saturated rings. The summed E-state index contributed by atoms with van der Waals surface area (Å²) < 4.78 is 14.3. The number of pyridine rings is 1. The third-order valence-electron chi connectivity index (χ3n) is 5.66. The third kappa shape index (κ3) is 3.48. The number of halogens is 1. The average Bonchev–Trinajstić information content (AvgIpc) is 3.33. The summed E-state index contributed by atoms with van der Waals surface area (Å²) >= 11 is 1.11. The van der Waals surface area contributed by atoms with E-state index in [1.54, 1.807) is 30.6 Å². The van der Waals surface area contributed by atoms with Crippen LogP contribution < -0.4 is 4.90 Å². The molecule has 0 bridgehead atoms. The summed E-state index contributed by atoms with van der Waals surface area (Å²) in [4.78, 5) is 36.3. The highest BCUT2D eigenvalue weighted by atomic mass is 32.1. The molecule has 4 aromatic rings. The zero-order valence-corrected chi connectivity index (χ0v) is 18.6. The minimum atomic E-state index is -0.904. The molecule has 1 aliphatic heterocycles. The van der Waals surface area contributed by atoms with Crippen LogP contribution in [0.5, 0.6) is 0 Å². The van der Waals surface area contributed by atoms with Crippen molar-refractivity contribution in [3.63, 3.8) is 0 Å². The number of hydrogen-bond donors (Lipinski definition) is 1. The lowest BCUT2D eigenvalue weighted by atomic mass is 9.94. The quantitative estimate of drug-likeness (QED) is 0.263. The van der Waals surface area contributed by atoms with Crippen LogP contribution in [0, 0.1) is 19.7 Å². The number of hydrogen-bond acceptors (Lipinski definition) is 6. The van der Waals surface area contributed by atoms with Crippen molar-refractivity contribution in [2.75, 3.05) is 4.90 Å². The maximum absolute atomic E-state index is 13.7. The minimum absolute atomic E-state index is 0.0228. The number of amides is 1. The summed E-state index contributed by atoms with van der Waals surface area (Å²) in [7, 11) is 0. The Balaban J connectivity index is 1.75. The van der Waals surface area contributed by atoms with Gasteiger partial charge in [-0.3, -0.25) is 19.5 Å². The Kier molecular flexibility index (Phi) is 5.02. The zero-order chi connectivity index (χ0) is 23.3. The van der Waals surface area contributed by atoms with E-state index in [-0.39, 0.29) is 16.5 Å². The van der Waals surface area contributed by atoms with Crippen LogP contribution in [0.4, 0.5) is 9.52 Å². The zero-order valence-electron chi connectivity index (χ0n) is 17.7. The minimum Gasteiger partial charge on any atom is -0.507 e. The van der Waals surface area contributed by atoms with E-state index in [4.69, 9.17) is 0 Å². The fourth-order valence-corrected chi connectivity index (χ4v) is 5.03. The van der Waals surface area contributed by atoms with Gasteiger partial charge in [0.25, 0.3) is 5.78 Å². The van der Waals surface area contributed by atoms with Crippen molar-refractivity contribution in [1.29, 1.82) is 0 Å². The molecule has 5 rings (SSSR count). The van der Waals surface area contributed by atoms with Crippen molar-refractivity contribution in [1.82, 2.24) is 9.97 Å². The van der Waals surface area contributed by atoms with Crippen LogP contribution in [0.15, 0.2) is 66.5 Å². The van der Waals surface area contributed by atoms with Gasteiger partial charge < -0.3 is 5.11 Å². The van der Waals surface area contributed by atoms with Crippen LogP contribution in [-0.4, -0.2) is 26.8 Å². The van der Waals surface area contributed by atoms with Gasteiger partial charge in [-0.2, -0.15) is 0 Å². The Bertz CT molecular complexity index is 1460. The Labute approximate surface area is 192 Å². The number of aliphatic hydroxyl groups is 1. The van der Waals surface area contributed by atoms with Crippen LogP contribution >= 0.6 is 11.3 Å². The van der Waals surface area contributed by atoms with Crippen molar-refractivity contribution in [2.45, 2.75) is 19.9 Å². The first-order valence-corrected chi connectivity index (χ1v) is 11.0. The summed E-state index contributed by atoms with van der Waals surface area (Å²) in [6.07, 6.45) is 3.11. The van der Waals surface area contributed by atoms with Gasteiger partial charge >= 0.3 is 5.91 Å². The molecular weight excluding hydrogens is 441 g/mol. The molecular formula is C25H18FN3O3S. The molecule has 1 N–H and O–H groups in total. The summed E-state index contributed by atoms with van der Waals surface area (Å²) in [5.74, 6) is -2.27. The molecule has 3 heterocycles. The predicted octanol–water partition coefficient (Wildman–Crippen LogP) is 5.07. The molecule has 1 amide bonds. The van der Waals surface area contributed by atoms with E-state index in [0.717, 1.165) is 22.5 Å². The molecule has 1 aliphatic rings. The van der Waals surface area contributed by atoms with Gasteiger partial charge in [0.05, 0.1) is 21.8 Å². The first-order chi connectivity index (χ1) is 15.8. The molecule has 2 aromatic heterocycles.